The number of hydrogen-bond donors (Lipinski definition) is 2. The molecule has 0 aromatic heterocycles. The number of amides is 1. The van der Waals surface area contributed by atoms with Crippen molar-refractivity contribution in [1.82, 2.24) is 0 Å². The molecule has 0 atom stereocenters. The van der Waals surface area contributed by atoms with E-state index in [1.165, 1.54) is 31.0 Å². The highest BCUT2D eigenvalue weighted by Crippen LogP contribution is 2.28. The van der Waals surface area contributed by atoms with E-state index in [0.717, 1.165) is 0 Å². The fourth-order valence-corrected chi connectivity index (χ4v) is 1.43. The highest BCUT2D eigenvalue weighted by atomic mass is 19.1. The number of carbonyl (C=O) groups excluding carboxylic acids is 1. The lowest BCUT2D eigenvalue weighted by molar-refractivity contribution is -0.120. The number of nitrogens with one attached hydrogen (secondary N) is 1. The van der Waals surface area contributed by atoms with Gasteiger partial charge in [-0.25, -0.2) is 4.39 Å². The monoisotopic (exact) mass is 238 g/mol. The Kier molecular flexibility index (Phi) is 3.58. The van der Waals surface area contributed by atoms with Crippen LogP contribution in [0.5, 0.6) is 0 Å². The van der Waals surface area contributed by atoms with Gasteiger partial charge in [0.2, 0.25) is 5.91 Å². The normalized spacial score (nSPS) is 14.6. The highest BCUT2D eigenvalue weighted by Gasteiger charge is 2.21. The summed E-state index contributed by atoms with van der Waals surface area (Å²) in [5, 5.41) is 2.43. The van der Waals surface area contributed by atoms with Crippen molar-refractivity contribution in [2.24, 2.45) is 5.92 Å². The van der Waals surface area contributed by atoms with E-state index in [0.29, 0.717) is 18.2 Å². The molecule has 1 fully saturated rings. The van der Waals surface area contributed by atoms with Crippen LogP contribution in [0.15, 0.2) is 18.2 Å². The number of anilines is 2. The van der Waals surface area contributed by atoms with Crippen LogP contribution < -0.4 is 11.1 Å². The molecule has 0 bridgehead atoms. The molecule has 1 aromatic rings. The van der Waals surface area contributed by atoms with E-state index in [9.17, 15) is 9.18 Å². The smallest absolute Gasteiger partial charge is 0.250 e. The van der Waals surface area contributed by atoms with Crippen LogP contribution in [0.3, 0.4) is 0 Å². The number of carbonyl (C=O) groups is 1. The Bertz CT molecular complexity index is 419. The second-order valence-electron chi connectivity index (χ2n) is 4.25. The van der Waals surface area contributed by atoms with Gasteiger partial charge in [-0.05, 0) is 37.0 Å². The lowest BCUT2D eigenvalue weighted by Gasteiger charge is -2.07. The average molecular weight is 238 g/mol. The van der Waals surface area contributed by atoms with Gasteiger partial charge >= 0.3 is 0 Å². The van der Waals surface area contributed by atoms with Crippen molar-refractivity contribution in [2.75, 3.05) is 24.3 Å². The Hall–Kier alpha value is -1.62. The van der Waals surface area contributed by atoms with Gasteiger partial charge in [0.15, 0.2) is 0 Å². The molecule has 5 heteroatoms. The lowest BCUT2D eigenvalue weighted by atomic mass is 10.2. The molecule has 0 heterocycles. The Morgan fingerprint density at radius 3 is 3.00 bits per heavy atom. The topological polar surface area (TPSA) is 64.3 Å². The van der Waals surface area contributed by atoms with Gasteiger partial charge in [-0.3, -0.25) is 4.79 Å². The van der Waals surface area contributed by atoms with Crippen LogP contribution in [-0.4, -0.2) is 19.1 Å². The lowest BCUT2D eigenvalue weighted by Crippen LogP contribution is -2.19. The highest BCUT2D eigenvalue weighted by molar-refractivity contribution is 5.92. The number of rotatable bonds is 5. The van der Waals surface area contributed by atoms with Crippen LogP contribution in [0, 0.1) is 11.7 Å². The third-order valence-corrected chi connectivity index (χ3v) is 2.55. The molecule has 92 valence electrons. The van der Waals surface area contributed by atoms with Gasteiger partial charge in [0.05, 0.1) is 12.3 Å². The molecule has 17 heavy (non-hydrogen) atoms. The molecule has 1 saturated carbocycles. The minimum absolute atomic E-state index is 0.0509. The van der Waals surface area contributed by atoms with Gasteiger partial charge in [-0.15, -0.1) is 0 Å². The molecule has 0 saturated heterocycles. The van der Waals surface area contributed by atoms with Crippen LogP contribution in [0.1, 0.15) is 12.8 Å². The quantitative estimate of drug-likeness (QED) is 0.768. The zero-order valence-corrected chi connectivity index (χ0v) is 9.41. The van der Waals surface area contributed by atoms with Gasteiger partial charge in [0.25, 0.3) is 0 Å². The molecule has 1 aromatic carbocycles. The summed E-state index contributed by atoms with van der Waals surface area (Å²) in [6, 6.07) is 4.04. The molecule has 0 radical (unpaired) electrons. The van der Waals surface area contributed by atoms with Crippen molar-refractivity contribution >= 4 is 17.3 Å². The van der Waals surface area contributed by atoms with Crippen molar-refractivity contribution in [3.05, 3.63) is 24.0 Å². The first-order chi connectivity index (χ1) is 8.15. The van der Waals surface area contributed by atoms with Crippen LogP contribution in [0.25, 0.3) is 0 Å². The molecule has 1 aliphatic carbocycles. The van der Waals surface area contributed by atoms with E-state index in [2.05, 4.69) is 5.32 Å². The Labute approximate surface area is 98.9 Å². The van der Waals surface area contributed by atoms with Gasteiger partial charge in [0, 0.05) is 5.69 Å². The summed E-state index contributed by atoms with van der Waals surface area (Å²) in [7, 11) is 0. The molecule has 1 aliphatic rings. The summed E-state index contributed by atoms with van der Waals surface area (Å²) < 4.78 is 18.5. The molecule has 2 rings (SSSR count). The first kappa shape index (κ1) is 11.9. The zero-order valence-electron chi connectivity index (χ0n) is 9.41. The SMILES string of the molecule is Nc1ccc(F)c(NC(=O)COCC2CC2)c1. The van der Waals surface area contributed by atoms with Crippen molar-refractivity contribution in [2.45, 2.75) is 12.8 Å². The number of nitrogen functional groups attached to an aromatic ring is 1. The second-order valence-corrected chi connectivity index (χ2v) is 4.25. The molecule has 0 spiro atoms. The predicted octanol–water partition coefficient (Wildman–Crippen LogP) is 1.77. The summed E-state index contributed by atoms with van der Waals surface area (Å²) in [6.07, 6.45) is 2.34. The fourth-order valence-electron chi connectivity index (χ4n) is 1.43. The number of benzene rings is 1. The molecule has 0 aliphatic heterocycles. The van der Waals surface area contributed by atoms with E-state index in [1.54, 1.807) is 0 Å². The van der Waals surface area contributed by atoms with Crippen LogP contribution in [-0.2, 0) is 9.53 Å². The van der Waals surface area contributed by atoms with Gasteiger partial charge in [0.1, 0.15) is 12.4 Å². The van der Waals surface area contributed by atoms with Gasteiger partial charge in [-0.2, -0.15) is 0 Å². The van der Waals surface area contributed by atoms with Crippen LogP contribution in [0.4, 0.5) is 15.8 Å². The van der Waals surface area contributed by atoms with Crippen LogP contribution >= 0.6 is 0 Å². The molecular weight excluding hydrogens is 223 g/mol. The third-order valence-electron chi connectivity index (χ3n) is 2.55. The summed E-state index contributed by atoms with van der Waals surface area (Å²) in [6.45, 7) is 0.553. The van der Waals surface area contributed by atoms with Crippen molar-refractivity contribution in [3.63, 3.8) is 0 Å². The Morgan fingerprint density at radius 1 is 1.53 bits per heavy atom. The summed E-state index contributed by atoms with van der Waals surface area (Å²) in [5.74, 6) is -0.267. The van der Waals surface area contributed by atoms with E-state index in [4.69, 9.17) is 10.5 Å². The third kappa shape index (κ3) is 3.71. The average Bonchev–Trinajstić information content (AvgIpc) is 3.07. The molecule has 3 N–H and O–H groups in total. The fraction of sp³-hybridized carbons (Fsp3) is 0.417. The maximum absolute atomic E-state index is 13.3. The van der Waals surface area contributed by atoms with Crippen molar-refractivity contribution < 1.29 is 13.9 Å². The molecule has 4 nitrogen and oxygen atoms in total. The predicted molar refractivity (Wildman–Crippen MR) is 63.0 cm³/mol. The maximum atomic E-state index is 13.3. The summed E-state index contributed by atoms with van der Waals surface area (Å²) in [4.78, 5) is 11.4. The minimum Gasteiger partial charge on any atom is -0.399 e. The van der Waals surface area contributed by atoms with E-state index >= 15 is 0 Å². The largest absolute Gasteiger partial charge is 0.399 e. The summed E-state index contributed by atoms with van der Waals surface area (Å²) in [5.41, 5.74) is 5.99. The zero-order chi connectivity index (χ0) is 12.3. The summed E-state index contributed by atoms with van der Waals surface area (Å²) >= 11 is 0. The van der Waals surface area contributed by atoms with Crippen LogP contribution in [0.2, 0.25) is 0 Å². The standard InChI is InChI=1S/C12H15FN2O2/c13-10-4-3-9(14)5-11(10)15-12(16)7-17-6-8-1-2-8/h3-5,8H,1-2,6-7,14H2,(H,15,16). The van der Waals surface area contributed by atoms with Gasteiger partial charge < -0.3 is 15.8 Å². The van der Waals surface area contributed by atoms with Gasteiger partial charge in [-0.1, -0.05) is 0 Å². The van der Waals surface area contributed by atoms with E-state index in [-0.39, 0.29) is 18.2 Å². The first-order valence-electron chi connectivity index (χ1n) is 5.58. The number of ether oxygens (including phenoxy) is 1. The molecule has 1 amide bonds. The minimum atomic E-state index is -0.505. The number of halogens is 1. The first-order valence-corrected chi connectivity index (χ1v) is 5.58. The number of hydrogen-bond acceptors (Lipinski definition) is 3. The van der Waals surface area contributed by atoms with E-state index < -0.39 is 5.82 Å². The molecular formula is C12H15FN2O2. The number of nitrogens with two attached hydrogens (primary N) is 1. The van der Waals surface area contributed by atoms with Crippen molar-refractivity contribution in [3.8, 4) is 0 Å². The Morgan fingerprint density at radius 2 is 2.29 bits per heavy atom. The van der Waals surface area contributed by atoms with Crippen molar-refractivity contribution in [1.29, 1.82) is 0 Å². The second kappa shape index (κ2) is 5.14. The Balaban J connectivity index is 1.81. The molecule has 0 unspecified atom stereocenters. The van der Waals surface area contributed by atoms with E-state index in [1.807, 2.05) is 0 Å². The maximum Gasteiger partial charge on any atom is 0.250 e.